The standard InChI is InChI=1S/C67H84F2N8O6/c1-37(2)58(74-64(80)82-66(6,7)35-68)62(78)76-54-16-12-10-14-46(54)33-56(76)60-70-50-26-24-44(31-52(50)72-60)48-29-40-18-20-41-22-23-42(39(5)28-43(48)21-19-40)30-49(41)45-25-27-51-53(32-45)73-61(71-51)57-34-47-15-11-13-17-55(47)77(57)63(79)59(38(3)4)75-65(81)83-67(8,9)36-69/h19,21-27,29-32,37-39,46-47,54-59H,10-18,20,28,33-36H2,1-9H3,(H,70,72)(H,71,73)(H,74,80)(H,75,81)/t39-,46+,47+,54+,55+,56+,57+,58+,59+/m1/s1. The largest absolute Gasteiger partial charge is 0.441 e. The van der Waals surface area contributed by atoms with Crippen molar-refractivity contribution in [1.82, 2.24) is 40.4 Å². The molecule has 4 amide bonds. The molecular formula is C67H84F2N8O6. The minimum absolute atomic E-state index is 0.0304. The van der Waals surface area contributed by atoms with Gasteiger partial charge < -0.3 is 39.9 Å². The number of aromatic nitrogens is 4. The monoisotopic (exact) mass is 1130 g/mol. The molecule has 0 spiro atoms. The molecule has 4 fully saturated rings. The second-order valence-corrected chi connectivity index (χ2v) is 26.7. The van der Waals surface area contributed by atoms with Crippen LogP contribution in [0.2, 0.25) is 0 Å². The first-order valence-corrected chi connectivity index (χ1v) is 30.7. The summed E-state index contributed by atoms with van der Waals surface area (Å²) in [5, 5.41) is 5.63. The highest BCUT2D eigenvalue weighted by molar-refractivity contribution is 5.89. The number of fused-ring (bicyclic) bond motifs is 4. The van der Waals surface area contributed by atoms with Gasteiger partial charge in [0, 0.05) is 12.1 Å². The fourth-order valence-electron chi connectivity index (χ4n) is 14.3. The Labute approximate surface area is 487 Å². The van der Waals surface area contributed by atoms with E-state index in [4.69, 9.17) is 19.4 Å². The van der Waals surface area contributed by atoms with E-state index in [0.29, 0.717) is 11.8 Å². The number of hydrogen-bond acceptors (Lipinski definition) is 8. The fourth-order valence-corrected chi connectivity index (χ4v) is 14.3. The van der Waals surface area contributed by atoms with Crippen LogP contribution in [0.1, 0.15) is 178 Å². The minimum Gasteiger partial charge on any atom is -0.441 e. The quantitative estimate of drug-likeness (QED) is 0.0833. The van der Waals surface area contributed by atoms with Crippen molar-refractivity contribution in [3.63, 3.8) is 0 Å². The van der Waals surface area contributed by atoms with Crippen molar-refractivity contribution in [2.45, 2.75) is 199 Å². The third-order valence-electron chi connectivity index (χ3n) is 18.8. The summed E-state index contributed by atoms with van der Waals surface area (Å²) in [6.45, 7) is 14.3. The molecule has 2 aliphatic heterocycles. The molecule has 4 N–H and O–H groups in total. The molecule has 2 saturated carbocycles. The number of hydrogen-bond donors (Lipinski definition) is 4. The van der Waals surface area contributed by atoms with Gasteiger partial charge in [-0.15, -0.1) is 0 Å². The van der Waals surface area contributed by atoms with Gasteiger partial charge in [0.2, 0.25) is 11.8 Å². The Balaban J connectivity index is 0.843. The first-order valence-electron chi connectivity index (χ1n) is 30.7. The Kier molecular flexibility index (Phi) is 16.3. The molecule has 8 aliphatic rings. The van der Waals surface area contributed by atoms with Gasteiger partial charge in [0.25, 0.3) is 0 Å². The van der Waals surface area contributed by atoms with Crippen molar-refractivity contribution in [3.8, 4) is 22.3 Å². The molecule has 14 rings (SSSR count). The molecule has 0 radical (unpaired) electrons. The zero-order valence-corrected chi connectivity index (χ0v) is 49.9. The van der Waals surface area contributed by atoms with Crippen LogP contribution in [-0.2, 0) is 38.3 Å². The maximum Gasteiger partial charge on any atom is 0.408 e. The molecule has 83 heavy (non-hydrogen) atoms. The maximum absolute atomic E-state index is 14.8. The molecule has 4 bridgehead atoms. The van der Waals surface area contributed by atoms with E-state index in [9.17, 15) is 28.0 Å². The topological polar surface area (TPSA) is 175 Å². The number of likely N-dealkylation sites (tertiary alicyclic amines) is 2. The first kappa shape index (κ1) is 58.0. The Hall–Kier alpha value is -6.84. The predicted octanol–water partition coefficient (Wildman–Crippen LogP) is 13.9. The molecule has 6 aromatic rings. The molecule has 4 aromatic carbocycles. The van der Waals surface area contributed by atoms with Gasteiger partial charge >= 0.3 is 12.2 Å². The lowest BCUT2D eigenvalue weighted by Gasteiger charge is -2.37. The summed E-state index contributed by atoms with van der Waals surface area (Å²) in [5.74, 6) is 1.52. The van der Waals surface area contributed by atoms with E-state index >= 15 is 0 Å². The number of nitrogens with one attached hydrogen (secondary N) is 4. The van der Waals surface area contributed by atoms with Crippen LogP contribution in [-0.4, -0.2) is 102 Å². The van der Waals surface area contributed by atoms with E-state index in [1.54, 1.807) is 0 Å². The number of halogens is 2. The van der Waals surface area contributed by atoms with E-state index in [2.05, 4.69) is 100 Å². The number of benzene rings is 4. The van der Waals surface area contributed by atoms with Crippen LogP contribution in [0.4, 0.5) is 18.4 Å². The summed E-state index contributed by atoms with van der Waals surface area (Å²) in [5.41, 5.74) is 10.4. The molecule has 16 heteroatoms. The SMILES string of the molecule is CC(C)[C@H](NC(=O)OC(C)(C)CF)C(=O)N1[C@H](c2nc3cc(-c4cc5ccc4CCc4ccc(c(-c6ccc7[nH]c([C@@H]8C[C@@H]9CCCC[C@@H]9N8C(=O)[C@@H](NC(=O)OC(C)(C)CF)C(C)C)nc7c6)c4)C[C@H]5C)ccc3[nH]2)C[C@@H]2CCCC[C@@H]21. The van der Waals surface area contributed by atoms with Crippen LogP contribution >= 0.6 is 0 Å². The number of ether oxygens (including phenoxy) is 2. The highest BCUT2D eigenvalue weighted by atomic mass is 19.1. The number of nitrogens with zero attached hydrogens (tertiary/aromatic N) is 4. The number of rotatable bonds is 14. The van der Waals surface area contributed by atoms with Gasteiger partial charge in [-0.05, 0) is 184 Å². The predicted molar refractivity (Wildman–Crippen MR) is 319 cm³/mol. The van der Waals surface area contributed by atoms with Gasteiger partial charge in [-0.1, -0.05) is 109 Å². The highest BCUT2D eigenvalue weighted by Gasteiger charge is 2.50. The fraction of sp³-hybridized carbons (Fsp3) is 0.552. The van der Waals surface area contributed by atoms with Crippen molar-refractivity contribution in [1.29, 1.82) is 0 Å². The van der Waals surface area contributed by atoms with Crippen molar-refractivity contribution < 1.29 is 37.4 Å². The summed E-state index contributed by atoms with van der Waals surface area (Å²) < 4.78 is 38.1. The Morgan fingerprint density at radius 1 is 0.614 bits per heavy atom. The van der Waals surface area contributed by atoms with Crippen molar-refractivity contribution >= 4 is 46.1 Å². The first-order chi connectivity index (χ1) is 39.7. The minimum atomic E-state index is -1.31. The average Bonchev–Trinajstić information content (AvgIpc) is 3.06. The molecule has 2 aromatic heterocycles. The molecule has 4 heterocycles. The summed E-state index contributed by atoms with van der Waals surface area (Å²) in [6, 6.07) is 24.6. The van der Waals surface area contributed by atoms with E-state index < -0.39 is 48.8 Å². The van der Waals surface area contributed by atoms with Gasteiger partial charge in [-0.3, -0.25) is 9.59 Å². The summed E-state index contributed by atoms with van der Waals surface area (Å²) >= 11 is 0. The lowest BCUT2D eigenvalue weighted by Crippen LogP contribution is -2.54. The molecule has 9 atom stereocenters. The van der Waals surface area contributed by atoms with E-state index in [1.807, 2.05) is 37.5 Å². The van der Waals surface area contributed by atoms with Crippen LogP contribution in [0.3, 0.4) is 0 Å². The smallest absolute Gasteiger partial charge is 0.408 e. The number of alkyl halides is 2. The van der Waals surface area contributed by atoms with Crippen LogP contribution < -0.4 is 10.6 Å². The van der Waals surface area contributed by atoms with Gasteiger partial charge in [0.1, 0.15) is 48.3 Å². The second kappa shape index (κ2) is 23.3. The molecule has 0 unspecified atom stereocenters. The molecule has 6 aliphatic carbocycles. The lowest BCUT2D eigenvalue weighted by molar-refractivity contribution is -0.139. The number of carbonyl (C=O) groups is 4. The number of aryl methyl sites for hydroxylation is 2. The molecular weight excluding hydrogens is 1050 g/mol. The Morgan fingerprint density at radius 2 is 1.08 bits per heavy atom. The Morgan fingerprint density at radius 3 is 1.57 bits per heavy atom. The van der Waals surface area contributed by atoms with Gasteiger partial charge in [0.15, 0.2) is 0 Å². The highest BCUT2D eigenvalue weighted by Crippen LogP contribution is 2.49. The van der Waals surface area contributed by atoms with Crippen LogP contribution in [0.5, 0.6) is 0 Å². The zero-order valence-electron chi connectivity index (χ0n) is 49.9. The van der Waals surface area contributed by atoms with Crippen molar-refractivity contribution in [3.05, 3.63) is 107 Å². The summed E-state index contributed by atoms with van der Waals surface area (Å²) in [7, 11) is 0. The normalized spacial score (nSPS) is 23.5. The molecule has 2 saturated heterocycles. The van der Waals surface area contributed by atoms with Gasteiger partial charge in [0.05, 0.1) is 34.2 Å². The van der Waals surface area contributed by atoms with Crippen molar-refractivity contribution in [2.75, 3.05) is 13.3 Å². The van der Waals surface area contributed by atoms with Crippen LogP contribution in [0.15, 0.2) is 72.8 Å². The summed E-state index contributed by atoms with van der Waals surface area (Å²) in [4.78, 5) is 77.5. The zero-order chi connectivity index (χ0) is 58.6. The molecule has 14 nitrogen and oxygen atoms in total. The number of alkyl carbamates (subject to hydrolysis) is 2. The number of amides is 4. The third kappa shape index (κ3) is 11.9. The number of H-pyrrole nitrogens is 2. The Bertz CT molecular complexity index is 3400. The maximum atomic E-state index is 14.8. The van der Waals surface area contributed by atoms with E-state index in [1.165, 1.54) is 61.1 Å². The van der Waals surface area contributed by atoms with E-state index in [0.717, 1.165) is 128 Å². The average molecular weight is 1140 g/mol. The van der Waals surface area contributed by atoms with E-state index in [-0.39, 0.29) is 53.7 Å². The molecule has 442 valence electrons. The number of imidazole rings is 2. The van der Waals surface area contributed by atoms with Crippen molar-refractivity contribution in [2.24, 2.45) is 23.7 Å². The van der Waals surface area contributed by atoms with Crippen LogP contribution in [0, 0.1) is 23.7 Å². The van der Waals surface area contributed by atoms with Gasteiger partial charge in [-0.2, -0.15) is 0 Å². The lowest BCUT2D eigenvalue weighted by atomic mass is 9.84. The van der Waals surface area contributed by atoms with Crippen LogP contribution in [0.25, 0.3) is 44.3 Å². The van der Waals surface area contributed by atoms with Gasteiger partial charge in [-0.25, -0.2) is 28.3 Å². The number of aromatic amines is 2. The third-order valence-corrected chi connectivity index (χ3v) is 18.8. The number of carbonyl (C=O) groups excluding carboxylic acids is 4. The second-order valence-electron chi connectivity index (χ2n) is 26.7. The summed E-state index contributed by atoms with van der Waals surface area (Å²) in [6.07, 6.45) is 10.6.